The number of piperidine rings is 1. The number of nitrogens with zero attached hydrogens (tertiary/aromatic N) is 1. The first-order chi connectivity index (χ1) is 7.58. The van der Waals surface area contributed by atoms with Crippen molar-refractivity contribution in [2.45, 2.75) is 38.6 Å². The smallest absolute Gasteiger partial charge is 0.304 e. The average Bonchev–Trinajstić information content (AvgIpc) is 2.20. The predicted molar refractivity (Wildman–Crippen MR) is 64.6 cm³/mol. The molecule has 1 aliphatic rings. The summed E-state index contributed by atoms with van der Waals surface area (Å²) in [6, 6.07) is 0.0868. The predicted octanol–water partition coefficient (Wildman–Crippen LogP) is 1.17. The van der Waals surface area contributed by atoms with E-state index in [0.29, 0.717) is 0 Å². The summed E-state index contributed by atoms with van der Waals surface area (Å²) in [5, 5.41) is 11.9. The van der Waals surface area contributed by atoms with Crippen LogP contribution in [-0.4, -0.2) is 48.7 Å². The molecule has 16 heavy (non-hydrogen) atoms. The van der Waals surface area contributed by atoms with Gasteiger partial charge in [-0.25, -0.2) is 0 Å². The lowest BCUT2D eigenvalue weighted by atomic mass is 9.94. The molecular weight excluding hydrogens is 204 g/mol. The third-order valence-electron chi connectivity index (χ3n) is 3.36. The third-order valence-corrected chi connectivity index (χ3v) is 3.36. The molecule has 2 N–H and O–H groups in total. The van der Waals surface area contributed by atoms with Gasteiger partial charge in [0.25, 0.3) is 0 Å². The standard InChI is InChI=1S/C12H24N2O2/c1-10(9-12(15)16)13-6-3-11-4-7-14(2)8-5-11/h10-11,13H,3-9H2,1-2H3,(H,15,16). The Labute approximate surface area is 98.0 Å². The molecule has 94 valence electrons. The topological polar surface area (TPSA) is 52.6 Å². The quantitative estimate of drug-likeness (QED) is 0.716. The fourth-order valence-corrected chi connectivity index (χ4v) is 2.22. The average molecular weight is 228 g/mol. The maximum atomic E-state index is 10.5. The summed E-state index contributed by atoms with van der Waals surface area (Å²) in [5.74, 6) is 0.0972. The number of carboxylic acids is 1. The number of hydrogen-bond donors (Lipinski definition) is 2. The summed E-state index contributed by atoms with van der Waals surface area (Å²) in [4.78, 5) is 12.8. The molecule has 0 spiro atoms. The Hall–Kier alpha value is -0.610. The van der Waals surface area contributed by atoms with Gasteiger partial charge in [-0.15, -0.1) is 0 Å². The van der Waals surface area contributed by atoms with E-state index < -0.39 is 5.97 Å². The molecule has 4 nitrogen and oxygen atoms in total. The Morgan fingerprint density at radius 2 is 2.12 bits per heavy atom. The lowest BCUT2D eigenvalue weighted by Crippen LogP contribution is -2.34. The first-order valence-corrected chi connectivity index (χ1v) is 6.21. The summed E-state index contributed by atoms with van der Waals surface area (Å²) in [7, 11) is 2.17. The van der Waals surface area contributed by atoms with E-state index in [1.165, 1.54) is 32.4 Å². The van der Waals surface area contributed by atoms with Crippen molar-refractivity contribution in [3.8, 4) is 0 Å². The highest BCUT2D eigenvalue weighted by Crippen LogP contribution is 2.18. The van der Waals surface area contributed by atoms with Crippen molar-refractivity contribution in [3.05, 3.63) is 0 Å². The van der Waals surface area contributed by atoms with Gasteiger partial charge < -0.3 is 15.3 Å². The molecule has 1 aliphatic heterocycles. The maximum absolute atomic E-state index is 10.5. The van der Waals surface area contributed by atoms with Gasteiger partial charge in [-0.1, -0.05) is 0 Å². The number of carbonyl (C=O) groups is 1. The van der Waals surface area contributed by atoms with E-state index in [1.54, 1.807) is 0 Å². The van der Waals surface area contributed by atoms with E-state index in [1.807, 2.05) is 6.92 Å². The molecule has 1 unspecified atom stereocenters. The molecule has 1 heterocycles. The van der Waals surface area contributed by atoms with Crippen molar-refractivity contribution in [2.24, 2.45) is 5.92 Å². The SMILES string of the molecule is CC(CC(=O)O)NCCC1CCN(C)CC1. The summed E-state index contributed by atoms with van der Waals surface area (Å²) < 4.78 is 0. The Morgan fingerprint density at radius 1 is 1.50 bits per heavy atom. The second-order valence-corrected chi connectivity index (χ2v) is 4.99. The number of nitrogens with one attached hydrogen (secondary N) is 1. The van der Waals surface area contributed by atoms with Crippen LogP contribution in [0, 0.1) is 5.92 Å². The molecule has 1 fully saturated rings. The highest BCUT2D eigenvalue weighted by Gasteiger charge is 2.16. The van der Waals surface area contributed by atoms with Gasteiger partial charge in [0.05, 0.1) is 6.42 Å². The number of likely N-dealkylation sites (tertiary alicyclic amines) is 1. The molecule has 0 aliphatic carbocycles. The molecular formula is C12H24N2O2. The molecule has 1 rings (SSSR count). The zero-order valence-electron chi connectivity index (χ0n) is 10.4. The molecule has 4 heteroatoms. The molecule has 0 aromatic carbocycles. The maximum Gasteiger partial charge on any atom is 0.304 e. The molecule has 0 amide bonds. The molecule has 0 saturated carbocycles. The summed E-state index contributed by atoms with van der Waals surface area (Å²) in [6.45, 7) is 5.29. The van der Waals surface area contributed by atoms with Gasteiger partial charge in [0, 0.05) is 6.04 Å². The van der Waals surface area contributed by atoms with Crippen LogP contribution in [0.3, 0.4) is 0 Å². The zero-order valence-corrected chi connectivity index (χ0v) is 10.4. The highest BCUT2D eigenvalue weighted by atomic mass is 16.4. The minimum atomic E-state index is -0.723. The Balaban J connectivity index is 2.04. The number of hydrogen-bond acceptors (Lipinski definition) is 3. The van der Waals surface area contributed by atoms with Crippen LogP contribution < -0.4 is 5.32 Å². The number of aliphatic carboxylic acids is 1. The van der Waals surface area contributed by atoms with Crippen LogP contribution in [0.1, 0.15) is 32.6 Å². The van der Waals surface area contributed by atoms with E-state index in [2.05, 4.69) is 17.3 Å². The Morgan fingerprint density at radius 3 is 2.69 bits per heavy atom. The van der Waals surface area contributed by atoms with Gasteiger partial charge >= 0.3 is 5.97 Å². The van der Waals surface area contributed by atoms with Crippen LogP contribution in [0.2, 0.25) is 0 Å². The van der Waals surface area contributed by atoms with Gasteiger partial charge in [-0.3, -0.25) is 4.79 Å². The monoisotopic (exact) mass is 228 g/mol. The number of carboxylic acid groups (broad SMARTS) is 1. The molecule has 0 bridgehead atoms. The van der Waals surface area contributed by atoms with E-state index in [9.17, 15) is 4.79 Å². The Bertz CT molecular complexity index is 213. The summed E-state index contributed by atoms with van der Waals surface area (Å²) in [5.41, 5.74) is 0. The van der Waals surface area contributed by atoms with Gasteiger partial charge in [0.1, 0.15) is 0 Å². The van der Waals surface area contributed by atoms with Crippen LogP contribution in [0.5, 0.6) is 0 Å². The van der Waals surface area contributed by atoms with E-state index in [4.69, 9.17) is 5.11 Å². The largest absolute Gasteiger partial charge is 0.481 e. The second kappa shape index (κ2) is 6.86. The van der Waals surface area contributed by atoms with Gasteiger partial charge in [-0.05, 0) is 58.8 Å². The van der Waals surface area contributed by atoms with Crippen molar-refractivity contribution in [1.82, 2.24) is 10.2 Å². The summed E-state index contributed by atoms with van der Waals surface area (Å²) >= 11 is 0. The van der Waals surface area contributed by atoms with Crippen molar-refractivity contribution < 1.29 is 9.90 Å². The van der Waals surface area contributed by atoms with Crippen molar-refractivity contribution in [1.29, 1.82) is 0 Å². The minimum absolute atomic E-state index is 0.0868. The van der Waals surface area contributed by atoms with Crippen molar-refractivity contribution in [2.75, 3.05) is 26.7 Å². The second-order valence-electron chi connectivity index (χ2n) is 4.99. The molecule has 1 atom stereocenters. The van der Waals surface area contributed by atoms with E-state index >= 15 is 0 Å². The normalized spacial score (nSPS) is 20.9. The Kier molecular flexibility index (Phi) is 5.77. The van der Waals surface area contributed by atoms with Gasteiger partial charge in [-0.2, -0.15) is 0 Å². The fraction of sp³-hybridized carbons (Fsp3) is 0.917. The minimum Gasteiger partial charge on any atom is -0.481 e. The molecule has 1 saturated heterocycles. The van der Waals surface area contributed by atoms with Crippen LogP contribution >= 0.6 is 0 Å². The first-order valence-electron chi connectivity index (χ1n) is 6.21. The van der Waals surface area contributed by atoms with Crippen LogP contribution in [0.25, 0.3) is 0 Å². The van der Waals surface area contributed by atoms with Gasteiger partial charge in [0.2, 0.25) is 0 Å². The van der Waals surface area contributed by atoms with Crippen molar-refractivity contribution >= 4 is 5.97 Å². The molecule has 0 aromatic rings. The van der Waals surface area contributed by atoms with Gasteiger partial charge in [0.15, 0.2) is 0 Å². The third kappa shape index (κ3) is 5.47. The van der Waals surface area contributed by atoms with E-state index in [-0.39, 0.29) is 12.5 Å². The van der Waals surface area contributed by atoms with Crippen LogP contribution in [-0.2, 0) is 4.79 Å². The molecule has 0 radical (unpaired) electrons. The van der Waals surface area contributed by atoms with Crippen LogP contribution in [0.4, 0.5) is 0 Å². The highest BCUT2D eigenvalue weighted by molar-refractivity contribution is 5.67. The van der Waals surface area contributed by atoms with Crippen molar-refractivity contribution in [3.63, 3.8) is 0 Å². The first kappa shape index (κ1) is 13.5. The summed E-state index contributed by atoms with van der Waals surface area (Å²) in [6.07, 6.45) is 3.96. The lowest BCUT2D eigenvalue weighted by molar-refractivity contribution is -0.137. The zero-order chi connectivity index (χ0) is 12.0. The molecule has 0 aromatic heterocycles. The lowest BCUT2D eigenvalue weighted by Gasteiger charge is -2.29. The van der Waals surface area contributed by atoms with Crippen LogP contribution in [0.15, 0.2) is 0 Å². The number of rotatable bonds is 6. The van der Waals surface area contributed by atoms with E-state index in [0.717, 1.165) is 12.5 Å². The fourth-order valence-electron chi connectivity index (χ4n) is 2.22.